The molecule has 2 unspecified atom stereocenters. The minimum absolute atomic E-state index is 0.114. The molecular weight excluding hydrogens is 341 g/mol. The van der Waals surface area contributed by atoms with Gasteiger partial charge < -0.3 is 0 Å². The first kappa shape index (κ1) is 23.0. The molecule has 144 valence electrons. The number of allylic oxidation sites excluding steroid dienone is 2. The molecule has 0 radical (unpaired) electrons. The highest BCUT2D eigenvalue weighted by molar-refractivity contribution is 7.98. The van der Waals surface area contributed by atoms with Crippen molar-refractivity contribution in [3.63, 3.8) is 0 Å². The summed E-state index contributed by atoms with van der Waals surface area (Å²) in [5, 5.41) is 1.46. The maximum atomic E-state index is 5.67. The van der Waals surface area contributed by atoms with Crippen LogP contribution in [0.15, 0.2) is 22.5 Å². The SMILES string of the molecule is CC(C)N(C)C1C(C(C)(C)C)=CC(C(C)(C)C)=C(P=S)C1C(C)(C)C. The molecule has 2 atom stereocenters. The van der Waals surface area contributed by atoms with Gasteiger partial charge in [-0.3, -0.25) is 4.90 Å². The molecule has 0 aromatic heterocycles. The predicted molar refractivity (Wildman–Crippen MR) is 118 cm³/mol. The lowest BCUT2D eigenvalue weighted by molar-refractivity contribution is 0.105. The summed E-state index contributed by atoms with van der Waals surface area (Å²) in [5.74, 6) is 0.438. The quantitative estimate of drug-likeness (QED) is 0.482. The molecule has 0 saturated carbocycles. The molecule has 0 bridgehead atoms. The molecule has 1 nitrogen and oxygen atoms in total. The summed E-state index contributed by atoms with van der Waals surface area (Å²) in [4.78, 5) is 2.56. The van der Waals surface area contributed by atoms with Gasteiger partial charge in [-0.25, -0.2) is 0 Å². The smallest absolute Gasteiger partial charge is 0.0393 e. The van der Waals surface area contributed by atoms with Crippen LogP contribution in [0.3, 0.4) is 0 Å². The maximum Gasteiger partial charge on any atom is 0.0393 e. The molecule has 0 aliphatic heterocycles. The average Bonchev–Trinajstić information content (AvgIpc) is 2.40. The lowest BCUT2D eigenvalue weighted by Crippen LogP contribution is -2.51. The van der Waals surface area contributed by atoms with Crippen LogP contribution >= 0.6 is 7.36 Å². The summed E-state index contributed by atoms with van der Waals surface area (Å²) < 4.78 is 0. The lowest BCUT2D eigenvalue weighted by Gasteiger charge is -2.51. The first-order valence-electron chi connectivity index (χ1n) is 9.55. The Bertz CT molecular complexity index is 564. The van der Waals surface area contributed by atoms with Crippen molar-refractivity contribution in [1.29, 1.82) is 0 Å². The van der Waals surface area contributed by atoms with E-state index in [2.05, 4.69) is 94.2 Å². The van der Waals surface area contributed by atoms with Gasteiger partial charge >= 0.3 is 0 Å². The van der Waals surface area contributed by atoms with E-state index >= 15 is 0 Å². The second kappa shape index (κ2) is 7.53. The van der Waals surface area contributed by atoms with E-state index in [-0.39, 0.29) is 16.2 Å². The fraction of sp³-hybridized carbons (Fsp3) is 0.818. The molecule has 0 saturated heterocycles. The highest BCUT2D eigenvalue weighted by Crippen LogP contribution is 2.53. The third-order valence-electron chi connectivity index (χ3n) is 5.46. The molecule has 0 spiro atoms. The van der Waals surface area contributed by atoms with Gasteiger partial charge in [-0.1, -0.05) is 80.2 Å². The van der Waals surface area contributed by atoms with Crippen molar-refractivity contribution in [2.45, 2.75) is 88.2 Å². The highest BCUT2D eigenvalue weighted by atomic mass is 32.4. The van der Waals surface area contributed by atoms with Gasteiger partial charge in [0, 0.05) is 25.4 Å². The zero-order chi connectivity index (χ0) is 20.0. The van der Waals surface area contributed by atoms with Crippen LogP contribution in [-0.2, 0) is 11.8 Å². The maximum absolute atomic E-state index is 5.67. The van der Waals surface area contributed by atoms with E-state index in [1.165, 1.54) is 10.9 Å². The zero-order valence-corrected chi connectivity index (χ0v) is 20.3. The van der Waals surface area contributed by atoms with Gasteiger partial charge in [0.2, 0.25) is 0 Å². The number of rotatable bonds is 3. The van der Waals surface area contributed by atoms with Gasteiger partial charge in [-0.2, -0.15) is 0 Å². The Morgan fingerprint density at radius 1 is 0.960 bits per heavy atom. The molecule has 1 aliphatic carbocycles. The molecular formula is C22H40NPS. The van der Waals surface area contributed by atoms with Crippen molar-refractivity contribution in [2.75, 3.05) is 7.05 Å². The third kappa shape index (κ3) is 5.02. The summed E-state index contributed by atoms with van der Waals surface area (Å²) in [6, 6.07) is 0.899. The van der Waals surface area contributed by atoms with Crippen molar-refractivity contribution in [3.8, 4) is 0 Å². The lowest BCUT2D eigenvalue weighted by atomic mass is 9.63. The van der Waals surface area contributed by atoms with E-state index < -0.39 is 0 Å². The second-order valence-electron chi connectivity index (χ2n) is 11.0. The van der Waals surface area contributed by atoms with E-state index in [0.29, 0.717) is 18.0 Å². The Balaban J connectivity index is 3.86. The monoisotopic (exact) mass is 381 g/mol. The topological polar surface area (TPSA) is 3.24 Å². The standard InChI is InChI=1S/C22H40NPS/c1-14(2)23(12)18-15(20(3,4)5)13-16(21(6,7)8)19(24-25)17(18)22(9,10)11/h13-14,17-18H,1-12H3. The van der Waals surface area contributed by atoms with Crippen LogP contribution in [0.1, 0.15) is 76.2 Å². The summed E-state index contributed by atoms with van der Waals surface area (Å²) in [6.45, 7) is 25.8. The Morgan fingerprint density at radius 2 is 1.44 bits per heavy atom. The molecule has 1 rings (SSSR count). The molecule has 3 heteroatoms. The second-order valence-corrected chi connectivity index (χ2v) is 12.2. The van der Waals surface area contributed by atoms with Crippen molar-refractivity contribution in [3.05, 3.63) is 22.5 Å². The van der Waals surface area contributed by atoms with Crippen LogP contribution in [0.5, 0.6) is 0 Å². The predicted octanol–water partition coefficient (Wildman–Crippen LogP) is 7.05. The first-order chi connectivity index (χ1) is 11.0. The van der Waals surface area contributed by atoms with Gasteiger partial charge in [0.15, 0.2) is 0 Å². The fourth-order valence-electron chi connectivity index (χ4n) is 3.84. The fourth-order valence-corrected chi connectivity index (χ4v) is 5.61. The van der Waals surface area contributed by atoms with E-state index in [9.17, 15) is 0 Å². The number of likely N-dealkylation sites (N-methyl/N-ethyl adjacent to an activating group) is 1. The van der Waals surface area contributed by atoms with E-state index in [1.54, 1.807) is 5.57 Å². The van der Waals surface area contributed by atoms with Crippen LogP contribution in [0.25, 0.3) is 0 Å². The third-order valence-corrected chi connectivity index (χ3v) is 6.77. The van der Waals surface area contributed by atoms with Gasteiger partial charge in [0.1, 0.15) is 0 Å². The molecule has 0 N–H and O–H groups in total. The van der Waals surface area contributed by atoms with Crippen molar-refractivity contribution in [1.82, 2.24) is 4.90 Å². The van der Waals surface area contributed by atoms with Gasteiger partial charge in [0.05, 0.1) is 0 Å². The van der Waals surface area contributed by atoms with Crippen LogP contribution in [0.2, 0.25) is 0 Å². The molecule has 0 aromatic rings. The van der Waals surface area contributed by atoms with Crippen LogP contribution in [0, 0.1) is 22.2 Å². The van der Waals surface area contributed by atoms with Gasteiger partial charge in [-0.15, -0.1) is 0 Å². The minimum Gasteiger partial charge on any atom is -0.297 e. The number of hydrogen-bond acceptors (Lipinski definition) is 2. The van der Waals surface area contributed by atoms with Crippen molar-refractivity contribution >= 4 is 19.2 Å². The van der Waals surface area contributed by atoms with Crippen LogP contribution in [-0.4, -0.2) is 24.0 Å². The van der Waals surface area contributed by atoms with Crippen LogP contribution < -0.4 is 0 Å². The Morgan fingerprint density at radius 3 is 1.72 bits per heavy atom. The number of hydrogen-bond donors (Lipinski definition) is 0. The average molecular weight is 382 g/mol. The van der Waals surface area contributed by atoms with Crippen LogP contribution in [0.4, 0.5) is 0 Å². The molecule has 1 aliphatic rings. The first-order valence-corrected chi connectivity index (χ1v) is 11.5. The van der Waals surface area contributed by atoms with Gasteiger partial charge in [-0.05, 0) is 53.6 Å². The Kier molecular flexibility index (Phi) is 6.93. The molecule has 0 aromatic carbocycles. The molecule has 25 heavy (non-hydrogen) atoms. The summed E-state index contributed by atoms with van der Waals surface area (Å²) >= 11 is 5.67. The Labute approximate surface area is 164 Å². The largest absolute Gasteiger partial charge is 0.297 e. The summed E-state index contributed by atoms with van der Waals surface area (Å²) in [6.07, 6.45) is 2.50. The molecule has 0 amide bonds. The van der Waals surface area contributed by atoms with E-state index in [1.807, 2.05) is 0 Å². The summed E-state index contributed by atoms with van der Waals surface area (Å²) in [7, 11) is 3.29. The Hall–Kier alpha value is -0.0400. The van der Waals surface area contributed by atoms with Crippen molar-refractivity contribution < 1.29 is 0 Å². The van der Waals surface area contributed by atoms with E-state index in [0.717, 1.165) is 7.36 Å². The number of nitrogens with zero attached hydrogens (tertiary/aromatic N) is 1. The van der Waals surface area contributed by atoms with Crippen molar-refractivity contribution in [2.24, 2.45) is 22.2 Å². The highest BCUT2D eigenvalue weighted by Gasteiger charge is 2.46. The summed E-state index contributed by atoms with van der Waals surface area (Å²) in [5.41, 5.74) is 3.43. The minimum atomic E-state index is 0.114. The zero-order valence-electron chi connectivity index (χ0n) is 18.6. The normalized spacial score (nSPS) is 23.7. The van der Waals surface area contributed by atoms with Gasteiger partial charge in [0.25, 0.3) is 0 Å². The van der Waals surface area contributed by atoms with E-state index in [4.69, 9.17) is 11.8 Å². The molecule has 0 fully saturated rings. The molecule has 0 heterocycles.